The van der Waals surface area contributed by atoms with Crippen molar-refractivity contribution in [1.29, 1.82) is 0 Å². The van der Waals surface area contributed by atoms with Crippen molar-refractivity contribution in [1.82, 2.24) is 9.62 Å². The van der Waals surface area contributed by atoms with Gasteiger partial charge in [0.25, 0.3) is 5.91 Å². The third-order valence-corrected chi connectivity index (χ3v) is 8.06. The van der Waals surface area contributed by atoms with Gasteiger partial charge in [0.05, 0.1) is 21.5 Å². The highest BCUT2D eigenvalue weighted by Gasteiger charge is 2.27. The van der Waals surface area contributed by atoms with Crippen molar-refractivity contribution in [2.75, 3.05) is 13.1 Å². The van der Waals surface area contributed by atoms with Crippen LogP contribution in [-0.4, -0.2) is 31.7 Å². The molecule has 2 aromatic rings. The first kappa shape index (κ1) is 22.8. The highest BCUT2D eigenvalue weighted by Crippen LogP contribution is 2.27. The number of nitrogens with zero attached hydrogens (tertiary/aromatic N) is 1. The SMILES string of the molecule is Cc1cc(C)c([C@@H](C)NC(=O)c2cc(S(=O)(=O)N3CCCCC3)ccc2Cl)cc1C. The van der Waals surface area contributed by atoms with E-state index in [-0.39, 0.29) is 27.4 Å². The lowest BCUT2D eigenvalue weighted by Crippen LogP contribution is -2.35. The lowest BCUT2D eigenvalue weighted by atomic mass is 9.96. The Labute approximate surface area is 184 Å². The van der Waals surface area contributed by atoms with Crippen LogP contribution in [0.4, 0.5) is 0 Å². The molecule has 0 spiro atoms. The molecule has 1 fully saturated rings. The van der Waals surface area contributed by atoms with Gasteiger partial charge in [-0.1, -0.05) is 30.2 Å². The maximum Gasteiger partial charge on any atom is 0.253 e. The van der Waals surface area contributed by atoms with E-state index in [9.17, 15) is 13.2 Å². The van der Waals surface area contributed by atoms with E-state index in [2.05, 4.69) is 24.4 Å². The number of hydrogen-bond acceptors (Lipinski definition) is 3. The molecule has 1 N–H and O–H groups in total. The number of amides is 1. The summed E-state index contributed by atoms with van der Waals surface area (Å²) in [5.41, 5.74) is 4.65. The number of sulfonamides is 1. The summed E-state index contributed by atoms with van der Waals surface area (Å²) in [6.45, 7) is 9.05. The monoisotopic (exact) mass is 448 g/mol. The molecule has 3 rings (SSSR count). The fourth-order valence-electron chi connectivity index (χ4n) is 3.89. The first-order valence-electron chi connectivity index (χ1n) is 10.3. The Morgan fingerprint density at radius 1 is 1.00 bits per heavy atom. The predicted octanol–water partition coefficient (Wildman–Crippen LogP) is 4.93. The van der Waals surface area contributed by atoms with Crippen LogP contribution in [0, 0.1) is 20.8 Å². The Morgan fingerprint density at radius 2 is 1.63 bits per heavy atom. The quantitative estimate of drug-likeness (QED) is 0.705. The van der Waals surface area contributed by atoms with E-state index in [0.717, 1.165) is 36.0 Å². The van der Waals surface area contributed by atoms with Gasteiger partial charge in [-0.2, -0.15) is 4.31 Å². The van der Waals surface area contributed by atoms with Crippen LogP contribution in [0.5, 0.6) is 0 Å². The van der Waals surface area contributed by atoms with Crippen LogP contribution in [0.15, 0.2) is 35.2 Å². The maximum absolute atomic E-state index is 13.0. The van der Waals surface area contributed by atoms with Gasteiger partial charge in [-0.15, -0.1) is 0 Å². The number of aryl methyl sites for hydroxylation is 3. The number of piperidine rings is 1. The number of rotatable bonds is 5. The smallest absolute Gasteiger partial charge is 0.253 e. The second kappa shape index (κ2) is 9.08. The Morgan fingerprint density at radius 3 is 2.30 bits per heavy atom. The molecular formula is C23H29ClN2O3S. The molecule has 7 heteroatoms. The first-order valence-corrected chi connectivity index (χ1v) is 12.1. The van der Waals surface area contributed by atoms with Gasteiger partial charge in [-0.25, -0.2) is 8.42 Å². The van der Waals surface area contributed by atoms with Crippen LogP contribution < -0.4 is 5.32 Å². The van der Waals surface area contributed by atoms with Gasteiger partial charge in [-0.05, 0) is 81.0 Å². The van der Waals surface area contributed by atoms with Gasteiger partial charge in [0.2, 0.25) is 10.0 Å². The molecule has 1 atom stereocenters. The van der Waals surface area contributed by atoms with Gasteiger partial charge in [0.15, 0.2) is 0 Å². The average molecular weight is 449 g/mol. The summed E-state index contributed by atoms with van der Waals surface area (Å²) in [6, 6.07) is 8.29. The van der Waals surface area contributed by atoms with Gasteiger partial charge in [-0.3, -0.25) is 4.79 Å². The topological polar surface area (TPSA) is 66.5 Å². The van der Waals surface area contributed by atoms with Crippen molar-refractivity contribution >= 4 is 27.5 Å². The molecule has 0 bridgehead atoms. The van der Waals surface area contributed by atoms with E-state index in [1.165, 1.54) is 28.1 Å². The van der Waals surface area contributed by atoms with Crippen molar-refractivity contribution in [2.45, 2.75) is 57.9 Å². The minimum absolute atomic E-state index is 0.106. The maximum atomic E-state index is 13.0. The van der Waals surface area contributed by atoms with Gasteiger partial charge in [0.1, 0.15) is 0 Å². The standard InChI is InChI=1S/C23H29ClN2O3S/c1-15-12-17(3)20(13-16(15)2)18(4)25-23(27)21-14-19(8-9-22(21)24)30(28,29)26-10-6-5-7-11-26/h8-9,12-14,18H,5-7,10-11H2,1-4H3,(H,25,27)/t18-/m1/s1. The minimum atomic E-state index is -3.64. The molecule has 0 saturated carbocycles. The Kier molecular flexibility index (Phi) is 6.90. The molecule has 1 aliphatic heterocycles. The Balaban J connectivity index is 1.86. The van der Waals surface area contributed by atoms with Gasteiger partial charge in [0, 0.05) is 13.1 Å². The second-order valence-electron chi connectivity index (χ2n) is 8.09. The summed E-state index contributed by atoms with van der Waals surface area (Å²) in [5, 5.41) is 3.20. The molecule has 0 aliphatic carbocycles. The zero-order valence-electron chi connectivity index (χ0n) is 18.0. The highest BCUT2D eigenvalue weighted by atomic mass is 35.5. The van der Waals surface area contributed by atoms with E-state index in [0.29, 0.717) is 13.1 Å². The summed E-state index contributed by atoms with van der Waals surface area (Å²) in [7, 11) is -3.64. The van der Waals surface area contributed by atoms with Crippen molar-refractivity contribution in [3.63, 3.8) is 0 Å². The third kappa shape index (κ3) is 4.71. The normalized spacial score (nSPS) is 16.3. The summed E-state index contributed by atoms with van der Waals surface area (Å²) in [4.78, 5) is 13.1. The van der Waals surface area contributed by atoms with Crippen LogP contribution in [0.2, 0.25) is 5.02 Å². The molecule has 1 saturated heterocycles. The molecule has 162 valence electrons. The number of carbonyl (C=O) groups excluding carboxylic acids is 1. The molecule has 1 heterocycles. The zero-order valence-corrected chi connectivity index (χ0v) is 19.5. The molecular weight excluding hydrogens is 420 g/mol. The number of benzene rings is 2. The summed E-state index contributed by atoms with van der Waals surface area (Å²) in [6.07, 6.45) is 2.75. The fraction of sp³-hybridized carbons (Fsp3) is 0.435. The predicted molar refractivity (Wildman–Crippen MR) is 121 cm³/mol. The largest absolute Gasteiger partial charge is 0.345 e. The first-order chi connectivity index (χ1) is 14.1. The summed E-state index contributed by atoms with van der Waals surface area (Å²) < 4.78 is 27.5. The van der Waals surface area contributed by atoms with E-state index in [1.54, 1.807) is 0 Å². The zero-order chi connectivity index (χ0) is 22.1. The van der Waals surface area contributed by atoms with E-state index in [4.69, 9.17) is 11.6 Å². The van der Waals surface area contributed by atoms with Crippen LogP contribution in [0.3, 0.4) is 0 Å². The van der Waals surface area contributed by atoms with Crippen molar-refractivity contribution in [2.24, 2.45) is 0 Å². The molecule has 30 heavy (non-hydrogen) atoms. The van der Waals surface area contributed by atoms with Crippen LogP contribution in [0.1, 0.15) is 64.8 Å². The highest BCUT2D eigenvalue weighted by molar-refractivity contribution is 7.89. The number of hydrogen-bond donors (Lipinski definition) is 1. The van der Waals surface area contributed by atoms with E-state index >= 15 is 0 Å². The average Bonchev–Trinajstić information content (AvgIpc) is 2.71. The van der Waals surface area contributed by atoms with Crippen molar-refractivity contribution < 1.29 is 13.2 Å². The molecule has 5 nitrogen and oxygen atoms in total. The molecule has 0 unspecified atom stereocenters. The Bertz CT molecular complexity index is 1060. The van der Waals surface area contributed by atoms with Crippen LogP contribution in [-0.2, 0) is 10.0 Å². The Hall–Kier alpha value is -1.89. The lowest BCUT2D eigenvalue weighted by molar-refractivity contribution is 0.0939. The number of carbonyl (C=O) groups is 1. The van der Waals surface area contributed by atoms with E-state index < -0.39 is 10.0 Å². The number of halogens is 1. The molecule has 0 radical (unpaired) electrons. The number of nitrogens with one attached hydrogen (secondary N) is 1. The third-order valence-electron chi connectivity index (χ3n) is 5.83. The summed E-state index contributed by atoms with van der Waals surface area (Å²) >= 11 is 6.26. The van der Waals surface area contributed by atoms with Crippen molar-refractivity contribution in [3.8, 4) is 0 Å². The molecule has 1 aliphatic rings. The van der Waals surface area contributed by atoms with Gasteiger partial charge >= 0.3 is 0 Å². The van der Waals surface area contributed by atoms with Crippen LogP contribution >= 0.6 is 11.6 Å². The molecule has 2 aromatic carbocycles. The second-order valence-corrected chi connectivity index (χ2v) is 10.4. The van der Waals surface area contributed by atoms with Gasteiger partial charge < -0.3 is 5.32 Å². The fourth-order valence-corrected chi connectivity index (χ4v) is 5.64. The van der Waals surface area contributed by atoms with Crippen molar-refractivity contribution in [3.05, 3.63) is 63.2 Å². The molecule has 1 amide bonds. The van der Waals surface area contributed by atoms with Crippen LogP contribution in [0.25, 0.3) is 0 Å². The van der Waals surface area contributed by atoms with E-state index in [1.807, 2.05) is 20.8 Å². The lowest BCUT2D eigenvalue weighted by Gasteiger charge is -2.26. The summed E-state index contributed by atoms with van der Waals surface area (Å²) in [5.74, 6) is -0.388. The minimum Gasteiger partial charge on any atom is -0.345 e. The molecule has 0 aromatic heterocycles.